The lowest BCUT2D eigenvalue weighted by molar-refractivity contribution is -0.108. The van der Waals surface area contributed by atoms with Crippen molar-refractivity contribution in [2.24, 2.45) is 5.92 Å². The SMILES string of the molecule is O=CCC1CCN(CCC(F)F)C1. The minimum absolute atomic E-state index is 0.0478. The highest BCUT2D eigenvalue weighted by Crippen LogP contribution is 2.18. The van der Waals surface area contributed by atoms with Gasteiger partial charge in [0.05, 0.1) is 0 Å². The first-order valence-corrected chi connectivity index (χ1v) is 4.66. The smallest absolute Gasteiger partial charge is 0.239 e. The Morgan fingerprint density at radius 2 is 2.31 bits per heavy atom. The predicted molar refractivity (Wildman–Crippen MR) is 45.8 cm³/mol. The molecule has 1 fully saturated rings. The van der Waals surface area contributed by atoms with Crippen LogP contribution < -0.4 is 0 Å². The van der Waals surface area contributed by atoms with Gasteiger partial charge in [0.1, 0.15) is 6.29 Å². The van der Waals surface area contributed by atoms with E-state index in [9.17, 15) is 13.6 Å². The van der Waals surface area contributed by atoms with Gasteiger partial charge < -0.3 is 9.69 Å². The maximum Gasteiger partial charge on any atom is 0.239 e. The Morgan fingerprint density at radius 3 is 2.92 bits per heavy atom. The van der Waals surface area contributed by atoms with E-state index in [2.05, 4.69) is 0 Å². The molecule has 1 aliphatic heterocycles. The number of hydrogen-bond acceptors (Lipinski definition) is 2. The summed E-state index contributed by atoms with van der Waals surface area (Å²) < 4.78 is 23.7. The Morgan fingerprint density at radius 1 is 1.54 bits per heavy atom. The minimum Gasteiger partial charge on any atom is -0.303 e. The summed E-state index contributed by atoms with van der Waals surface area (Å²) in [6.45, 7) is 2.14. The molecule has 1 saturated heterocycles. The second-order valence-electron chi connectivity index (χ2n) is 3.54. The van der Waals surface area contributed by atoms with Crippen LogP contribution in [0, 0.1) is 5.92 Å². The quantitative estimate of drug-likeness (QED) is 0.614. The van der Waals surface area contributed by atoms with Gasteiger partial charge in [-0.05, 0) is 18.9 Å². The lowest BCUT2D eigenvalue weighted by Gasteiger charge is -2.14. The second kappa shape index (κ2) is 5.27. The summed E-state index contributed by atoms with van der Waals surface area (Å²) in [5, 5.41) is 0. The highest BCUT2D eigenvalue weighted by atomic mass is 19.3. The second-order valence-corrected chi connectivity index (χ2v) is 3.54. The standard InChI is InChI=1S/C9H15F2NO/c10-9(11)2-5-12-4-1-8(7-12)3-6-13/h6,8-9H,1-5,7H2. The number of aldehydes is 1. The zero-order valence-corrected chi connectivity index (χ0v) is 7.59. The highest BCUT2D eigenvalue weighted by molar-refractivity contribution is 5.49. The molecular formula is C9H15F2NO. The van der Waals surface area contributed by atoms with Gasteiger partial charge in [0.25, 0.3) is 0 Å². The van der Waals surface area contributed by atoms with Crippen LogP contribution in [-0.4, -0.2) is 37.2 Å². The number of likely N-dealkylation sites (tertiary alicyclic amines) is 1. The molecule has 0 aromatic carbocycles. The van der Waals surface area contributed by atoms with Crippen molar-refractivity contribution < 1.29 is 13.6 Å². The normalized spacial score (nSPS) is 24.1. The van der Waals surface area contributed by atoms with Gasteiger partial charge in [0.2, 0.25) is 6.43 Å². The molecule has 4 heteroatoms. The number of carbonyl (C=O) groups is 1. The van der Waals surface area contributed by atoms with E-state index in [1.807, 2.05) is 4.90 Å². The van der Waals surface area contributed by atoms with E-state index in [0.717, 1.165) is 25.8 Å². The third-order valence-corrected chi connectivity index (χ3v) is 2.46. The van der Waals surface area contributed by atoms with E-state index < -0.39 is 6.43 Å². The van der Waals surface area contributed by atoms with Gasteiger partial charge in [0.15, 0.2) is 0 Å². The molecule has 1 heterocycles. The van der Waals surface area contributed by atoms with Crippen LogP contribution >= 0.6 is 0 Å². The molecule has 76 valence electrons. The predicted octanol–water partition coefficient (Wildman–Crippen LogP) is 1.55. The number of halogens is 2. The molecule has 0 bridgehead atoms. The summed E-state index contributed by atoms with van der Waals surface area (Å²) in [4.78, 5) is 12.2. The summed E-state index contributed by atoms with van der Waals surface area (Å²) in [6, 6.07) is 0. The fourth-order valence-corrected chi connectivity index (χ4v) is 1.72. The molecule has 0 spiro atoms. The van der Waals surface area contributed by atoms with Gasteiger partial charge in [-0.3, -0.25) is 0 Å². The molecule has 1 rings (SSSR count). The molecule has 1 aliphatic rings. The first kappa shape index (κ1) is 10.6. The van der Waals surface area contributed by atoms with Gasteiger partial charge >= 0.3 is 0 Å². The highest BCUT2D eigenvalue weighted by Gasteiger charge is 2.22. The minimum atomic E-state index is -2.20. The zero-order chi connectivity index (χ0) is 9.68. The molecule has 0 saturated carbocycles. The van der Waals surface area contributed by atoms with Gasteiger partial charge in [-0.1, -0.05) is 0 Å². The van der Waals surface area contributed by atoms with E-state index in [4.69, 9.17) is 0 Å². The van der Waals surface area contributed by atoms with Gasteiger partial charge in [0, 0.05) is 25.9 Å². The van der Waals surface area contributed by atoms with Gasteiger partial charge in [-0.25, -0.2) is 8.78 Å². The van der Waals surface area contributed by atoms with Crippen molar-refractivity contribution in [2.45, 2.75) is 25.7 Å². The average molecular weight is 191 g/mol. The maximum absolute atomic E-state index is 11.9. The molecule has 1 atom stereocenters. The van der Waals surface area contributed by atoms with Crippen LogP contribution in [0.1, 0.15) is 19.3 Å². The molecule has 13 heavy (non-hydrogen) atoms. The summed E-state index contributed by atoms with van der Waals surface area (Å²) in [5.74, 6) is 0.398. The van der Waals surface area contributed by atoms with Crippen LogP contribution in [-0.2, 0) is 4.79 Å². The summed E-state index contributed by atoms with van der Waals surface area (Å²) in [6.07, 6.45) is 0.215. The van der Waals surface area contributed by atoms with Crippen LogP contribution in [0.15, 0.2) is 0 Å². The number of rotatable bonds is 5. The Bertz CT molecular complexity index is 164. The van der Waals surface area contributed by atoms with E-state index in [0.29, 0.717) is 18.9 Å². The lowest BCUT2D eigenvalue weighted by Crippen LogP contribution is -2.23. The van der Waals surface area contributed by atoms with Crippen molar-refractivity contribution in [1.82, 2.24) is 4.90 Å². The molecule has 2 nitrogen and oxygen atoms in total. The molecule has 1 unspecified atom stereocenters. The monoisotopic (exact) mass is 191 g/mol. The number of hydrogen-bond donors (Lipinski definition) is 0. The van der Waals surface area contributed by atoms with E-state index in [1.165, 1.54) is 0 Å². The molecule has 0 amide bonds. The van der Waals surface area contributed by atoms with Crippen LogP contribution in [0.25, 0.3) is 0 Å². The lowest BCUT2D eigenvalue weighted by atomic mass is 10.1. The Balaban J connectivity index is 2.13. The molecule has 0 aromatic heterocycles. The molecule has 0 aliphatic carbocycles. The third-order valence-electron chi connectivity index (χ3n) is 2.46. The Labute approximate surface area is 76.9 Å². The fraction of sp³-hybridized carbons (Fsp3) is 0.889. The molecule has 0 N–H and O–H groups in total. The van der Waals surface area contributed by atoms with E-state index >= 15 is 0 Å². The summed E-state index contributed by atoms with van der Waals surface area (Å²) >= 11 is 0. The van der Waals surface area contributed by atoms with Crippen molar-refractivity contribution in [3.05, 3.63) is 0 Å². The first-order valence-electron chi connectivity index (χ1n) is 4.66. The summed E-state index contributed by atoms with van der Waals surface area (Å²) in [7, 11) is 0. The molecule has 0 aromatic rings. The van der Waals surface area contributed by atoms with Gasteiger partial charge in [-0.2, -0.15) is 0 Å². The zero-order valence-electron chi connectivity index (χ0n) is 7.59. The molecule has 0 radical (unpaired) electrons. The Kier molecular flexibility index (Phi) is 4.28. The fourth-order valence-electron chi connectivity index (χ4n) is 1.72. The average Bonchev–Trinajstić information content (AvgIpc) is 2.50. The largest absolute Gasteiger partial charge is 0.303 e. The van der Waals surface area contributed by atoms with Gasteiger partial charge in [-0.15, -0.1) is 0 Å². The molecular weight excluding hydrogens is 176 g/mol. The van der Waals surface area contributed by atoms with Crippen molar-refractivity contribution in [1.29, 1.82) is 0 Å². The number of nitrogens with zero attached hydrogens (tertiary/aromatic N) is 1. The van der Waals surface area contributed by atoms with Crippen LogP contribution in [0.3, 0.4) is 0 Å². The van der Waals surface area contributed by atoms with E-state index in [1.54, 1.807) is 0 Å². The van der Waals surface area contributed by atoms with Crippen LogP contribution in [0.2, 0.25) is 0 Å². The van der Waals surface area contributed by atoms with E-state index in [-0.39, 0.29) is 6.42 Å². The maximum atomic E-state index is 11.9. The summed E-state index contributed by atoms with van der Waals surface area (Å²) in [5.41, 5.74) is 0. The van der Waals surface area contributed by atoms with Crippen molar-refractivity contribution in [3.8, 4) is 0 Å². The third kappa shape index (κ3) is 3.81. The van der Waals surface area contributed by atoms with Crippen molar-refractivity contribution in [2.75, 3.05) is 19.6 Å². The van der Waals surface area contributed by atoms with Crippen molar-refractivity contribution in [3.63, 3.8) is 0 Å². The Hall–Kier alpha value is -0.510. The number of alkyl halides is 2. The van der Waals surface area contributed by atoms with Crippen LogP contribution in [0.5, 0.6) is 0 Å². The topological polar surface area (TPSA) is 20.3 Å². The van der Waals surface area contributed by atoms with Crippen LogP contribution in [0.4, 0.5) is 8.78 Å². The number of carbonyl (C=O) groups excluding carboxylic acids is 1. The van der Waals surface area contributed by atoms with Crippen molar-refractivity contribution >= 4 is 6.29 Å². The first-order chi connectivity index (χ1) is 6.22.